The van der Waals surface area contributed by atoms with Crippen molar-refractivity contribution in [2.24, 2.45) is 0 Å². The van der Waals surface area contributed by atoms with E-state index in [9.17, 15) is 8.42 Å². The molecule has 1 aromatic carbocycles. The van der Waals surface area contributed by atoms with Crippen LogP contribution in [0.4, 0.5) is 5.69 Å². The van der Waals surface area contributed by atoms with Gasteiger partial charge in [-0.1, -0.05) is 6.92 Å². The second kappa shape index (κ2) is 7.61. The Morgan fingerprint density at radius 2 is 1.89 bits per heavy atom. The highest BCUT2D eigenvalue weighted by atomic mass is 35.5. The molecule has 0 amide bonds. The van der Waals surface area contributed by atoms with Crippen molar-refractivity contribution in [3.05, 3.63) is 24.3 Å². The molecule has 0 unspecified atom stereocenters. The zero-order chi connectivity index (χ0) is 13.4. The lowest BCUT2D eigenvalue weighted by Gasteiger charge is -2.07. The van der Waals surface area contributed by atoms with E-state index in [2.05, 4.69) is 5.32 Å². The molecule has 0 aliphatic carbocycles. The maximum absolute atomic E-state index is 11.6. The SMILES string of the molecule is CCS(=O)(=O)c1ccc(NCCOCCCl)cc1. The van der Waals surface area contributed by atoms with E-state index in [0.717, 1.165) is 5.69 Å². The van der Waals surface area contributed by atoms with Crippen molar-refractivity contribution in [3.63, 3.8) is 0 Å². The standard InChI is InChI=1S/C12H18ClNO3S/c1-2-18(15,16)12-5-3-11(4-6-12)14-8-10-17-9-7-13/h3-6,14H,2,7-10H2,1H3. The van der Waals surface area contributed by atoms with Crippen molar-refractivity contribution in [2.75, 3.05) is 36.7 Å². The first-order chi connectivity index (χ1) is 8.60. The van der Waals surface area contributed by atoms with Gasteiger partial charge in [-0.2, -0.15) is 0 Å². The van der Waals surface area contributed by atoms with Crippen LogP contribution >= 0.6 is 11.6 Å². The van der Waals surface area contributed by atoms with Crippen LogP contribution in [0.25, 0.3) is 0 Å². The smallest absolute Gasteiger partial charge is 0.178 e. The molecule has 0 atom stereocenters. The lowest BCUT2D eigenvalue weighted by molar-refractivity contribution is 0.160. The molecule has 0 aromatic heterocycles. The minimum atomic E-state index is -3.11. The summed E-state index contributed by atoms with van der Waals surface area (Å²) in [5.74, 6) is 0.607. The van der Waals surface area contributed by atoms with E-state index in [1.54, 1.807) is 31.2 Å². The predicted octanol–water partition coefficient (Wildman–Crippen LogP) is 2.15. The molecule has 0 radical (unpaired) electrons. The number of hydrogen-bond donors (Lipinski definition) is 1. The molecule has 1 aromatic rings. The highest BCUT2D eigenvalue weighted by Gasteiger charge is 2.10. The number of rotatable bonds is 8. The van der Waals surface area contributed by atoms with Crippen molar-refractivity contribution in [1.82, 2.24) is 0 Å². The van der Waals surface area contributed by atoms with Gasteiger partial charge < -0.3 is 10.1 Å². The Morgan fingerprint density at radius 3 is 2.44 bits per heavy atom. The van der Waals surface area contributed by atoms with Gasteiger partial charge >= 0.3 is 0 Å². The van der Waals surface area contributed by atoms with Crippen molar-refractivity contribution >= 4 is 27.1 Å². The number of halogens is 1. The highest BCUT2D eigenvalue weighted by Crippen LogP contribution is 2.14. The highest BCUT2D eigenvalue weighted by molar-refractivity contribution is 7.91. The molecule has 0 bridgehead atoms. The van der Waals surface area contributed by atoms with Gasteiger partial charge in [-0.3, -0.25) is 0 Å². The number of ether oxygens (including phenoxy) is 1. The van der Waals surface area contributed by atoms with E-state index in [0.29, 0.717) is 30.5 Å². The summed E-state index contributed by atoms with van der Waals surface area (Å²) in [6.07, 6.45) is 0. The molecule has 0 saturated carbocycles. The third-order valence-corrected chi connectivity index (χ3v) is 4.30. The summed E-state index contributed by atoms with van der Waals surface area (Å²) in [4.78, 5) is 0.356. The number of hydrogen-bond acceptors (Lipinski definition) is 4. The van der Waals surface area contributed by atoms with Crippen LogP contribution in [0.3, 0.4) is 0 Å². The number of nitrogens with one attached hydrogen (secondary N) is 1. The van der Waals surface area contributed by atoms with Gasteiger partial charge in [-0.25, -0.2) is 8.42 Å². The van der Waals surface area contributed by atoms with E-state index in [4.69, 9.17) is 16.3 Å². The number of benzene rings is 1. The fraction of sp³-hybridized carbons (Fsp3) is 0.500. The quantitative estimate of drug-likeness (QED) is 0.589. The van der Waals surface area contributed by atoms with Crippen LogP contribution in [0, 0.1) is 0 Å². The monoisotopic (exact) mass is 291 g/mol. The van der Waals surface area contributed by atoms with Crippen LogP contribution in [0.5, 0.6) is 0 Å². The maximum Gasteiger partial charge on any atom is 0.178 e. The van der Waals surface area contributed by atoms with Gasteiger partial charge in [0.2, 0.25) is 0 Å². The Hall–Kier alpha value is -0.780. The Labute approximate surface area is 113 Å². The topological polar surface area (TPSA) is 55.4 Å². The Kier molecular flexibility index (Phi) is 6.46. The molecule has 1 rings (SSSR count). The molecule has 0 heterocycles. The van der Waals surface area contributed by atoms with Crippen LogP contribution in [-0.4, -0.2) is 39.8 Å². The number of anilines is 1. The maximum atomic E-state index is 11.6. The van der Waals surface area contributed by atoms with Gasteiger partial charge in [-0.15, -0.1) is 11.6 Å². The molecule has 0 aliphatic heterocycles. The minimum Gasteiger partial charge on any atom is -0.383 e. The van der Waals surface area contributed by atoms with Gasteiger partial charge in [0.15, 0.2) is 9.84 Å². The van der Waals surface area contributed by atoms with Crippen LogP contribution in [0.1, 0.15) is 6.92 Å². The van der Waals surface area contributed by atoms with Crippen LogP contribution in [0.15, 0.2) is 29.2 Å². The average Bonchev–Trinajstić information content (AvgIpc) is 2.39. The van der Waals surface area contributed by atoms with Crippen LogP contribution < -0.4 is 5.32 Å². The summed E-state index contributed by atoms with van der Waals surface area (Å²) in [5.41, 5.74) is 0.875. The molecule has 0 aliphatic rings. The summed E-state index contributed by atoms with van der Waals surface area (Å²) in [6, 6.07) is 6.73. The summed E-state index contributed by atoms with van der Waals surface area (Å²) in [5, 5.41) is 3.14. The number of sulfone groups is 1. The first kappa shape index (κ1) is 15.3. The molecule has 0 saturated heterocycles. The van der Waals surface area contributed by atoms with Crippen molar-refractivity contribution in [3.8, 4) is 0 Å². The molecule has 6 heteroatoms. The molecule has 0 spiro atoms. The van der Waals surface area contributed by atoms with E-state index in [1.807, 2.05) is 0 Å². The third-order valence-electron chi connectivity index (χ3n) is 2.39. The molecule has 102 valence electrons. The van der Waals surface area contributed by atoms with Crippen molar-refractivity contribution < 1.29 is 13.2 Å². The molecular formula is C12H18ClNO3S. The van der Waals surface area contributed by atoms with Gasteiger partial charge in [0, 0.05) is 18.1 Å². The molecular weight excluding hydrogens is 274 g/mol. The van der Waals surface area contributed by atoms with Gasteiger partial charge in [-0.05, 0) is 24.3 Å². The Balaban J connectivity index is 2.46. The summed E-state index contributed by atoms with van der Waals surface area (Å²) >= 11 is 5.47. The lowest BCUT2D eigenvalue weighted by Crippen LogP contribution is -2.10. The zero-order valence-corrected chi connectivity index (χ0v) is 11.9. The van der Waals surface area contributed by atoms with Gasteiger partial charge in [0.1, 0.15) is 0 Å². The minimum absolute atomic E-state index is 0.117. The Bertz CT molecular complexity index is 445. The molecule has 4 nitrogen and oxygen atoms in total. The fourth-order valence-corrected chi connectivity index (χ4v) is 2.36. The zero-order valence-electron chi connectivity index (χ0n) is 10.4. The summed E-state index contributed by atoms with van der Waals surface area (Å²) < 4.78 is 28.4. The van der Waals surface area contributed by atoms with E-state index < -0.39 is 9.84 Å². The largest absolute Gasteiger partial charge is 0.383 e. The first-order valence-electron chi connectivity index (χ1n) is 5.80. The summed E-state index contributed by atoms with van der Waals surface area (Å²) in [6.45, 7) is 3.41. The Morgan fingerprint density at radius 1 is 1.22 bits per heavy atom. The molecule has 18 heavy (non-hydrogen) atoms. The third kappa shape index (κ3) is 4.84. The van der Waals surface area contributed by atoms with E-state index in [-0.39, 0.29) is 5.75 Å². The lowest BCUT2D eigenvalue weighted by atomic mass is 10.3. The first-order valence-corrected chi connectivity index (χ1v) is 7.99. The van der Waals surface area contributed by atoms with E-state index >= 15 is 0 Å². The van der Waals surface area contributed by atoms with Crippen molar-refractivity contribution in [1.29, 1.82) is 0 Å². The predicted molar refractivity (Wildman–Crippen MR) is 74.2 cm³/mol. The van der Waals surface area contributed by atoms with Crippen molar-refractivity contribution in [2.45, 2.75) is 11.8 Å². The second-order valence-corrected chi connectivity index (χ2v) is 6.31. The molecule has 1 N–H and O–H groups in total. The fourth-order valence-electron chi connectivity index (χ4n) is 1.37. The second-order valence-electron chi connectivity index (χ2n) is 3.66. The molecule has 0 fully saturated rings. The van der Waals surface area contributed by atoms with Crippen LogP contribution in [0.2, 0.25) is 0 Å². The van der Waals surface area contributed by atoms with Crippen LogP contribution in [-0.2, 0) is 14.6 Å². The average molecular weight is 292 g/mol. The van der Waals surface area contributed by atoms with E-state index in [1.165, 1.54) is 0 Å². The van der Waals surface area contributed by atoms with Gasteiger partial charge in [0.05, 0.1) is 23.9 Å². The summed E-state index contributed by atoms with van der Waals surface area (Å²) in [7, 11) is -3.11. The normalized spacial score (nSPS) is 11.4. The number of alkyl halides is 1. The van der Waals surface area contributed by atoms with Gasteiger partial charge in [0.25, 0.3) is 0 Å².